The van der Waals surface area contributed by atoms with Crippen molar-refractivity contribution in [3.05, 3.63) is 45.8 Å². The minimum Gasteiger partial charge on any atom is -0.481 e. The van der Waals surface area contributed by atoms with Crippen molar-refractivity contribution in [2.45, 2.75) is 31.8 Å². The molecule has 0 aliphatic carbocycles. The van der Waals surface area contributed by atoms with Gasteiger partial charge in [-0.15, -0.1) is 5.10 Å². The lowest BCUT2D eigenvalue weighted by atomic mass is 10.0. The van der Waals surface area contributed by atoms with Gasteiger partial charge in [0.1, 0.15) is 11.5 Å². The number of nitro groups is 1. The summed E-state index contributed by atoms with van der Waals surface area (Å²) in [6.45, 7) is 5.09. The number of nitrogens with one attached hydrogen (secondary N) is 1. The molecular weight excluding hydrogens is 442 g/mol. The lowest BCUT2D eigenvalue weighted by molar-refractivity contribution is -0.383. The van der Waals surface area contributed by atoms with Crippen molar-refractivity contribution in [3.63, 3.8) is 0 Å². The molecule has 0 aliphatic rings. The first kappa shape index (κ1) is 22.9. The minimum absolute atomic E-state index is 0.0267. The number of hydrogen-bond donors (Lipinski definition) is 1. The van der Waals surface area contributed by atoms with E-state index in [1.165, 1.54) is 39.3 Å². The Morgan fingerprint density at radius 2 is 1.75 bits per heavy atom. The third-order valence-electron chi connectivity index (χ3n) is 4.39. The number of nitrogens with zero attached hydrogens (tertiary/aromatic N) is 6. The van der Waals surface area contributed by atoms with Gasteiger partial charge in [0.15, 0.2) is 0 Å². The third kappa shape index (κ3) is 4.44. The Kier molecular flexibility index (Phi) is 6.25. The summed E-state index contributed by atoms with van der Waals surface area (Å²) in [6.07, 6.45) is 0. The topological polar surface area (TPSA) is 164 Å². The van der Waals surface area contributed by atoms with Crippen molar-refractivity contribution in [1.82, 2.24) is 24.7 Å². The van der Waals surface area contributed by atoms with Crippen LogP contribution in [0.15, 0.2) is 29.4 Å². The second-order valence-corrected chi connectivity index (χ2v) is 8.44. The van der Waals surface area contributed by atoms with Crippen molar-refractivity contribution in [2.24, 2.45) is 0 Å². The molecule has 3 rings (SSSR count). The van der Waals surface area contributed by atoms with Crippen molar-refractivity contribution in [1.29, 1.82) is 0 Å². The van der Waals surface area contributed by atoms with Crippen LogP contribution in [0.25, 0.3) is 5.95 Å². The zero-order chi connectivity index (χ0) is 23.6. The fourth-order valence-corrected chi connectivity index (χ4v) is 3.87. The first-order chi connectivity index (χ1) is 15.1. The predicted molar refractivity (Wildman–Crippen MR) is 113 cm³/mol. The lowest BCUT2D eigenvalue weighted by Gasteiger charge is -2.13. The third-order valence-corrected chi connectivity index (χ3v) is 5.52. The van der Waals surface area contributed by atoms with Gasteiger partial charge in [-0.25, -0.2) is 4.98 Å². The summed E-state index contributed by atoms with van der Waals surface area (Å²) in [6, 6.07) is 5.77. The molecule has 2 aromatic heterocycles. The van der Waals surface area contributed by atoms with Gasteiger partial charge in [-0.2, -0.15) is 23.1 Å². The van der Waals surface area contributed by atoms with Crippen LogP contribution in [-0.2, 0) is 10.0 Å². The number of aryl methyl sites for hydroxylation is 1. The fraction of sp³-hybridized carbons (Fsp3) is 0.333. The molecule has 0 saturated heterocycles. The van der Waals surface area contributed by atoms with E-state index in [2.05, 4.69) is 24.8 Å². The van der Waals surface area contributed by atoms with Crippen LogP contribution in [0.4, 0.5) is 11.4 Å². The smallest absolute Gasteiger partial charge is 0.299 e. The van der Waals surface area contributed by atoms with E-state index < -0.39 is 20.1 Å². The van der Waals surface area contributed by atoms with Crippen molar-refractivity contribution < 1.29 is 22.8 Å². The number of rotatable bonds is 8. The SMILES string of the molecule is COc1cc(OC)nc(-n2nc(S(=O)(=O)Nc3c(C(C)C)cccc3[N+](=O)[O-])nc2C)n1. The molecule has 14 heteroatoms. The summed E-state index contributed by atoms with van der Waals surface area (Å²) >= 11 is 0. The molecule has 0 radical (unpaired) electrons. The summed E-state index contributed by atoms with van der Waals surface area (Å²) in [5.74, 6) is 0.294. The molecule has 0 aliphatic heterocycles. The Morgan fingerprint density at radius 1 is 1.12 bits per heavy atom. The molecule has 3 aromatic rings. The number of aromatic nitrogens is 5. The van der Waals surface area contributed by atoms with Crippen molar-refractivity contribution >= 4 is 21.4 Å². The molecule has 0 unspecified atom stereocenters. The molecule has 0 spiro atoms. The molecule has 13 nitrogen and oxygen atoms in total. The standard InChI is InChI=1S/C18H21N7O6S/c1-10(2)12-7-6-8-13(25(26)27)16(12)23-32(28,29)18-19-11(3)24(22-18)17-20-14(30-4)9-15(21-17)31-5/h6-10,23H,1-5H3. The zero-order valence-corrected chi connectivity index (χ0v) is 18.7. The van der Waals surface area contributed by atoms with Crippen molar-refractivity contribution in [3.8, 4) is 17.7 Å². The van der Waals surface area contributed by atoms with Crippen molar-refractivity contribution in [2.75, 3.05) is 18.9 Å². The lowest BCUT2D eigenvalue weighted by Crippen LogP contribution is -2.18. The van der Waals surface area contributed by atoms with Crippen LogP contribution in [0.2, 0.25) is 0 Å². The summed E-state index contributed by atoms with van der Waals surface area (Å²) in [5.41, 5.74) is -0.0580. The van der Waals surface area contributed by atoms with Gasteiger partial charge in [-0.05, 0) is 18.4 Å². The predicted octanol–water partition coefficient (Wildman–Crippen LogP) is 2.22. The van der Waals surface area contributed by atoms with Gasteiger partial charge in [-0.3, -0.25) is 14.8 Å². The average Bonchev–Trinajstić information content (AvgIpc) is 3.15. The Labute approximate surface area is 183 Å². The molecule has 1 aromatic carbocycles. The van der Waals surface area contributed by atoms with Gasteiger partial charge in [0.05, 0.1) is 25.2 Å². The summed E-state index contributed by atoms with van der Waals surface area (Å²) in [5, 5.41) is 14.9. The first-order valence-corrected chi connectivity index (χ1v) is 10.8. The number of para-hydroxylation sites is 1. The van der Waals surface area contributed by atoms with Crippen LogP contribution in [0.1, 0.15) is 31.2 Å². The Hall–Kier alpha value is -3.81. The largest absolute Gasteiger partial charge is 0.481 e. The van der Waals surface area contributed by atoms with Gasteiger partial charge >= 0.3 is 0 Å². The summed E-state index contributed by atoms with van der Waals surface area (Å²) in [7, 11) is -1.58. The minimum atomic E-state index is -4.38. The van der Waals surface area contributed by atoms with E-state index in [0.717, 1.165) is 4.68 Å². The average molecular weight is 463 g/mol. The van der Waals surface area contributed by atoms with E-state index in [0.29, 0.717) is 5.56 Å². The monoisotopic (exact) mass is 463 g/mol. The van der Waals surface area contributed by atoms with Crippen LogP contribution in [-0.4, -0.2) is 52.3 Å². The Bertz CT molecular complexity index is 1250. The maximum absolute atomic E-state index is 13.0. The van der Waals surface area contributed by atoms with Gasteiger partial charge in [-0.1, -0.05) is 26.0 Å². The molecule has 0 atom stereocenters. The molecule has 170 valence electrons. The molecule has 0 fully saturated rings. The number of methoxy groups -OCH3 is 2. The van der Waals surface area contributed by atoms with E-state index in [9.17, 15) is 18.5 Å². The molecule has 2 heterocycles. The maximum Gasteiger partial charge on any atom is 0.299 e. The van der Waals surface area contributed by atoms with E-state index in [4.69, 9.17) is 9.47 Å². The maximum atomic E-state index is 13.0. The number of nitro benzene ring substituents is 1. The van der Waals surface area contributed by atoms with E-state index in [-0.39, 0.29) is 40.8 Å². The highest BCUT2D eigenvalue weighted by Gasteiger charge is 2.28. The number of anilines is 1. The van der Waals surface area contributed by atoms with Gasteiger partial charge in [0.25, 0.3) is 26.8 Å². The van der Waals surface area contributed by atoms with Crippen LogP contribution in [0.3, 0.4) is 0 Å². The number of sulfonamides is 1. The zero-order valence-electron chi connectivity index (χ0n) is 17.9. The Morgan fingerprint density at radius 3 is 2.28 bits per heavy atom. The van der Waals surface area contributed by atoms with E-state index >= 15 is 0 Å². The Balaban J connectivity index is 2.07. The van der Waals surface area contributed by atoms with Crippen LogP contribution >= 0.6 is 0 Å². The molecule has 0 bridgehead atoms. The highest BCUT2D eigenvalue weighted by molar-refractivity contribution is 7.92. The van der Waals surface area contributed by atoms with Crippen LogP contribution < -0.4 is 14.2 Å². The number of ether oxygens (including phenoxy) is 2. The molecule has 0 amide bonds. The van der Waals surface area contributed by atoms with Gasteiger partial charge < -0.3 is 9.47 Å². The van der Waals surface area contributed by atoms with Gasteiger partial charge in [0.2, 0.25) is 11.8 Å². The first-order valence-electron chi connectivity index (χ1n) is 9.28. The van der Waals surface area contributed by atoms with E-state index in [1.807, 2.05) is 0 Å². The summed E-state index contributed by atoms with van der Waals surface area (Å²) < 4.78 is 39.6. The molecule has 1 N–H and O–H groups in total. The number of hydrogen-bond acceptors (Lipinski definition) is 10. The van der Waals surface area contributed by atoms with Crippen LogP contribution in [0, 0.1) is 17.0 Å². The highest BCUT2D eigenvalue weighted by atomic mass is 32.2. The van der Waals surface area contributed by atoms with E-state index in [1.54, 1.807) is 19.9 Å². The quantitative estimate of drug-likeness (QED) is 0.387. The second-order valence-electron chi connectivity index (χ2n) is 6.86. The molecule has 32 heavy (non-hydrogen) atoms. The normalized spacial score (nSPS) is 11.4. The van der Waals surface area contributed by atoms with Crippen LogP contribution in [0.5, 0.6) is 11.8 Å². The molecular formula is C18H21N7O6S. The summed E-state index contributed by atoms with van der Waals surface area (Å²) in [4.78, 5) is 23.1. The molecule has 0 saturated carbocycles. The number of benzene rings is 1. The highest BCUT2D eigenvalue weighted by Crippen LogP contribution is 2.34. The second kappa shape index (κ2) is 8.74. The fourth-order valence-electron chi connectivity index (χ4n) is 2.85. The van der Waals surface area contributed by atoms with Gasteiger partial charge in [0, 0.05) is 6.07 Å².